The molecule has 2 aromatic rings. The largest absolute Gasteiger partial charge is 0.478 e. The first-order chi connectivity index (χ1) is 9.36. The zero-order valence-electron chi connectivity index (χ0n) is 11.2. The number of rotatable bonds is 3. The van der Waals surface area contributed by atoms with Crippen LogP contribution in [0.3, 0.4) is 0 Å². The lowest BCUT2D eigenvalue weighted by atomic mass is 10.2. The monoisotopic (exact) mass is 291 g/mol. The van der Waals surface area contributed by atoms with E-state index in [1.165, 1.54) is 6.07 Å². The molecule has 0 fully saturated rings. The summed E-state index contributed by atoms with van der Waals surface area (Å²) in [4.78, 5) is 34.2. The summed E-state index contributed by atoms with van der Waals surface area (Å²) in [6.45, 7) is 5.14. The van der Waals surface area contributed by atoms with Gasteiger partial charge in [0, 0.05) is 22.3 Å². The number of H-pyrrole nitrogens is 1. The van der Waals surface area contributed by atoms with Crippen molar-refractivity contribution in [3.63, 3.8) is 0 Å². The molecule has 2 aromatic heterocycles. The van der Waals surface area contributed by atoms with Gasteiger partial charge in [-0.05, 0) is 26.8 Å². The Morgan fingerprint density at radius 3 is 2.45 bits per heavy atom. The average Bonchev–Trinajstić information content (AvgIpc) is 2.25. The molecule has 0 aliphatic rings. The fraction of sp³-hybridized carbons (Fsp3) is 0.231. The van der Waals surface area contributed by atoms with Gasteiger partial charge in [-0.25, -0.2) is 9.78 Å². The molecule has 0 spiro atoms. The van der Waals surface area contributed by atoms with Crippen LogP contribution in [0.2, 0.25) is 0 Å². The van der Waals surface area contributed by atoms with Gasteiger partial charge < -0.3 is 10.1 Å². The smallest absolute Gasteiger partial charge is 0.338 e. The van der Waals surface area contributed by atoms with E-state index in [4.69, 9.17) is 0 Å². The Labute approximate surface area is 119 Å². The maximum Gasteiger partial charge on any atom is 0.338 e. The number of aryl methyl sites for hydroxylation is 3. The molecular formula is C13H13N3O3S. The first-order valence-corrected chi connectivity index (χ1v) is 6.66. The molecule has 2 heterocycles. The zero-order chi connectivity index (χ0) is 14.9. The summed E-state index contributed by atoms with van der Waals surface area (Å²) in [6.07, 6.45) is 0. The molecule has 0 aliphatic heterocycles. The van der Waals surface area contributed by atoms with Crippen LogP contribution in [0.15, 0.2) is 27.0 Å². The van der Waals surface area contributed by atoms with E-state index in [9.17, 15) is 14.7 Å². The minimum atomic E-state index is -1.05. The molecule has 0 unspecified atom stereocenters. The van der Waals surface area contributed by atoms with E-state index in [2.05, 4.69) is 15.0 Å². The van der Waals surface area contributed by atoms with E-state index < -0.39 is 5.97 Å². The van der Waals surface area contributed by atoms with E-state index in [0.717, 1.165) is 11.8 Å². The Morgan fingerprint density at radius 2 is 1.85 bits per heavy atom. The summed E-state index contributed by atoms with van der Waals surface area (Å²) >= 11 is 1.11. The highest BCUT2D eigenvalue weighted by molar-refractivity contribution is 7.99. The minimum absolute atomic E-state index is 0.129. The lowest BCUT2D eigenvalue weighted by Gasteiger charge is -2.09. The van der Waals surface area contributed by atoms with Crippen LogP contribution in [-0.4, -0.2) is 26.0 Å². The van der Waals surface area contributed by atoms with Crippen molar-refractivity contribution in [2.24, 2.45) is 0 Å². The van der Waals surface area contributed by atoms with Crippen LogP contribution in [-0.2, 0) is 0 Å². The first-order valence-electron chi connectivity index (χ1n) is 5.84. The van der Waals surface area contributed by atoms with Gasteiger partial charge in [-0.2, -0.15) is 0 Å². The topological polar surface area (TPSA) is 95.9 Å². The number of hydrogen-bond acceptors (Lipinski definition) is 5. The molecule has 0 atom stereocenters. The predicted molar refractivity (Wildman–Crippen MR) is 74.4 cm³/mol. The highest BCUT2D eigenvalue weighted by atomic mass is 32.2. The number of nitrogens with one attached hydrogen (secondary N) is 1. The van der Waals surface area contributed by atoms with Gasteiger partial charge in [-0.1, -0.05) is 11.8 Å². The van der Waals surface area contributed by atoms with Crippen LogP contribution in [0.5, 0.6) is 0 Å². The van der Waals surface area contributed by atoms with E-state index >= 15 is 0 Å². The van der Waals surface area contributed by atoms with Crippen LogP contribution in [0.4, 0.5) is 0 Å². The first kappa shape index (κ1) is 14.3. The number of pyridine rings is 1. The summed E-state index contributed by atoms with van der Waals surface area (Å²) in [5.41, 5.74) is 1.60. The Balaban J connectivity index is 2.52. The van der Waals surface area contributed by atoms with Gasteiger partial charge in [0.1, 0.15) is 0 Å². The molecule has 20 heavy (non-hydrogen) atoms. The van der Waals surface area contributed by atoms with Crippen molar-refractivity contribution in [1.29, 1.82) is 0 Å². The standard InChI is InChI=1S/C13H13N3O3S/c1-6-4-9(11(12(18)19)8(3)14-6)20-13-15-7(2)5-10(17)16-13/h4-5H,1-3H3,(H,18,19)(H,15,16,17). The molecule has 6 nitrogen and oxygen atoms in total. The Bertz CT molecular complexity index is 740. The van der Waals surface area contributed by atoms with E-state index in [1.54, 1.807) is 26.8 Å². The Morgan fingerprint density at radius 1 is 1.20 bits per heavy atom. The second kappa shape index (κ2) is 5.46. The number of hydrogen-bond donors (Lipinski definition) is 2. The van der Waals surface area contributed by atoms with E-state index in [-0.39, 0.29) is 11.1 Å². The van der Waals surface area contributed by atoms with Crippen LogP contribution in [0, 0.1) is 20.8 Å². The van der Waals surface area contributed by atoms with Crippen molar-refractivity contribution in [2.45, 2.75) is 30.8 Å². The SMILES string of the molecule is Cc1cc(=O)[nH]c(Sc2cc(C)nc(C)c2C(=O)O)n1. The fourth-order valence-electron chi connectivity index (χ4n) is 1.84. The van der Waals surface area contributed by atoms with Crippen molar-refractivity contribution in [3.8, 4) is 0 Å². The molecule has 0 aromatic carbocycles. The van der Waals surface area contributed by atoms with Crippen LogP contribution < -0.4 is 5.56 Å². The van der Waals surface area contributed by atoms with Gasteiger partial charge in [-0.3, -0.25) is 9.78 Å². The van der Waals surface area contributed by atoms with Gasteiger partial charge >= 0.3 is 5.97 Å². The van der Waals surface area contributed by atoms with Gasteiger partial charge in [0.05, 0.1) is 11.3 Å². The highest BCUT2D eigenvalue weighted by Gasteiger charge is 2.17. The number of aromatic nitrogens is 3. The normalized spacial score (nSPS) is 10.6. The second-order valence-electron chi connectivity index (χ2n) is 4.32. The van der Waals surface area contributed by atoms with Gasteiger partial charge in [0.25, 0.3) is 5.56 Å². The quantitative estimate of drug-likeness (QED) is 0.839. The fourth-order valence-corrected chi connectivity index (χ4v) is 2.95. The maximum atomic E-state index is 11.4. The third-order valence-electron chi connectivity index (χ3n) is 2.56. The van der Waals surface area contributed by atoms with Gasteiger partial charge in [0.2, 0.25) is 0 Å². The molecule has 0 bridgehead atoms. The Hall–Kier alpha value is -2.15. The van der Waals surface area contributed by atoms with Crippen molar-refractivity contribution in [3.05, 3.63) is 45.1 Å². The van der Waals surface area contributed by atoms with Gasteiger partial charge in [0.15, 0.2) is 5.16 Å². The Kier molecular flexibility index (Phi) is 3.89. The molecule has 0 amide bonds. The second-order valence-corrected chi connectivity index (χ2v) is 5.35. The molecule has 0 aliphatic carbocycles. The van der Waals surface area contributed by atoms with Crippen molar-refractivity contribution < 1.29 is 9.90 Å². The third-order valence-corrected chi connectivity index (χ3v) is 3.49. The van der Waals surface area contributed by atoms with E-state index in [0.29, 0.717) is 27.1 Å². The molecule has 0 saturated heterocycles. The lowest BCUT2D eigenvalue weighted by molar-refractivity contribution is 0.0691. The molecule has 2 rings (SSSR count). The predicted octanol–water partition coefficient (Wildman–Crippen LogP) is 1.94. The molecule has 104 valence electrons. The summed E-state index contributed by atoms with van der Waals surface area (Å²) < 4.78 is 0. The zero-order valence-corrected chi connectivity index (χ0v) is 12.0. The van der Waals surface area contributed by atoms with Crippen LogP contribution >= 0.6 is 11.8 Å². The summed E-state index contributed by atoms with van der Waals surface area (Å²) in [5, 5.41) is 9.64. The maximum absolute atomic E-state index is 11.4. The van der Waals surface area contributed by atoms with Crippen molar-refractivity contribution >= 4 is 17.7 Å². The average molecular weight is 291 g/mol. The molecule has 2 N–H and O–H groups in total. The molecule has 0 saturated carbocycles. The third kappa shape index (κ3) is 3.05. The highest BCUT2D eigenvalue weighted by Crippen LogP contribution is 2.29. The van der Waals surface area contributed by atoms with E-state index in [1.807, 2.05) is 0 Å². The molecular weight excluding hydrogens is 278 g/mol. The van der Waals surface area contributed by atoms with Crippen LogP contribution in [0.25, 0.3) is 0 Å². The summed E-state index contributed by atoms with van der Waals surface area (Å²) in [6, 6.07) is 3.05. The van der Waals surface area contributed by atoms with Crippen molar-refractivity contribution in [1.82, 2.24) is 15.0 Å². The number of carboxylic acids is 1. The van der Waals surface area contributed by atoms with Gasteiger partial charge in [-0.15, -0.1) is 0 Å². The minimum Gasteiger partial charge on any atom is -0.478 e. The lowest BCUT2D eigenvalue weighted by Crippen LogP contribution is -2.09. The number of nitrogens with zero attached hydrogens (tertiary/aromatic N) is 2. The molecule has 7 heteroatoms. The van der Waals surface area contributed by atoms with Crippen LogP contribution in [0.1, 0.15) is 27.4 Å². The number of carbonyl (C=O) groups is 1. The molecule has 0 radical (unpaired) electrons. The number of aromatic carboxylic acids is 1. The summed E-state index contributed by atoms with van der Waals surface area (Å²) in [7, 11) is 0. The number of aromatic amines is 1. The summed E-state index contributed by atoms with van der Waals surface area (Å²) in [5.74, 6) is -1.05. The number of carboxylic acid groups (broad SMARTS) is 1. The van der Waals surface area contributed by atoms with Crippen molar-refractivity contribution in [2.75, 3.05) is 0 Å².